The molecule has 0 bridgehead atoms. The van der Waals surface area contributed by atoms with Gasteiger partial charge in [-0.1, -0.05) is 56.3 Å². The maximum absolute atomic E-state index is 13.8. The zero-order chi connectivity index (χ0) is 22.6. The van der Waals surface area contributed by atoms with Crippen LogP contribution < -0.4 is 5.43 Å². The second-order valence-electron chi connectivity index (χ2n) is 7.51. The first-order chi connectivity index (χ1) is 14.1. The first-order valence-electron chi connectivity index (χ1n) is 9.87. The van der Waals surface area contributed by atoms with Gasteiger partial charge in [-0.25, -0.2) is 8.78 Å². The highest BCUT2D eigenvalue weighted by Gasteiger charge is 2.34. The number of nitrogens with one attached hydrogen (secondary N) is 1. The van der Waals surface area contributed by atoms with Gasteiger partial charge in [-0.15, -0.1) is 0 Å². The number of nitrogens with zero attached hydrogens (tertiary/aromatic N) is 1. The summed E-state index contributed by atoms with van der Waals surface area (Å²) >= 11 is 0. The van der Waals surface area contributed by atoms with Crippen LogP contribution in [0.4, 0.5) is 8.78 Å². The first kappa shape index (κ1) is 23.3. The highest BCUT2D eigenvalue weighted by Crippen LogP contribution is 2.28. The molecule has 1 aliphatic heterocycles. The number of halogens is 2. The minimum atomic E-state index is -2.73. The average molecular weight is 414 g/mol. The minimum absolute atomic E-state index is 0.0883. The van der Waals surface area contributed by atoms with Crippen LogP contribution in [-0.2, 0) is 9.59 Å². The molecule has 2 rings (SSSR count). The second-order valence-corrected chi connectivity index (χ2v) is 7.51. The topological polar surface area (TPSA) is 49.4 Å². The third kappa shape index (κ3) is 4.93. The van der Waals surface area contributed by atoms with Gasteiger partial charge in [-0.05, 0) is 50.3 Å². The van der Waals surface area contributed by atoms with Gasteiger partial charge < -0.3 is 0 Å². The van der Waals surface area contributed by atoms with Crippen LogP contribution >= 0.6 is 0 Å². The predicted octanol–water partition coefficient (Wildman–Crippen LogP) is 5.34. The van der Waals surface area contributed by atoms with Crippen LogP contribution in [0.5, 0.6) is 0 Å². The van der Waals surface area contributed by atoms with Gasteiger partial charge in [0.15, 0.2) is 0 Å². The lowest BCUT2D eigenvalue weighted by molar-refractivity contribution is -0.140. The summed E-state index contributed by atoms with van der Waals surface area (Å²) in [6, 6.07) is 7.19. The SMILES string of the molecule is C=C(/C(=C\C=C(\NN1C(=O)C(C)=C(C)C1=O)C(C)CC)C(F)F)c1ccc(C)cc1. The van der Waals surface area contributed by atoms with Crippen molar-refractivity contribution < 1.29 is 18.4 Å². The molecule has 1 unspecified atom stereocenters. The zero-order valence-electron chi connectivity index (χ0n) is 18.1. The number of hydrogen-bond acceptors (Lipinski definition) is 3. The van der Waals surface area contributed by atoms with Gasteiger partial charge >= 0.3 is 0 Å². The molecule has 30 heavy (non-hydrogen) atoms. The maximum Gasteiger partial charge on any atom is 0.275 e. The largest absolute Gasteiger partial charge is 0.292 e. The average Bonchev–Trinajstić information content (AvgIpc) is 2.90. The number of rotatable bonds is 8. The summed E-state index contributed by atoms with van der Waals surface area (Å²) in [7, 11) is 0. The number of carbonyl (C=O) groups excluding carboxylic acids is 2. The van der Waals surface area contributed by atoms with Crippen LogP contribution in [0.2, 0.25) is 0 Å². The smallest absolute Gasteiger partial charge is 0.275 e. The van der Waals surface area contributed by atoms with Crippen LogP contribution in [-0.4, -0.2) is 23.2 Å². The van der Waals surface area contributed by atoms with Crippen molar-refractivity contribution >= 4 is 17.4 Å². The monoisotopic (exact) mass is 414 g/mol. The van der Waals surface area contributed by atoms with Gasteiger partial charge in [-0.3, -0.25) is 15.0 Å². The molecule has 4 nitrogen and oxygen atoms in total. The quantitative estimate of drug-likeness (QED) is 0.461. The molecule has 0 radical (unpaired) electrons. The summed E-state index contributed by atoms with van der Waals surface area (Å²) in [4.78, 5) is 24.7. The molecule has 1 heterocycles. The van der Waals surface area contributed by atoms with E-state index in [9.17, 15) is 18.4 Å². The van der Waals surface area contributed by atoms with E-state index in [1.54, 1.807) is 26.0 Å². The summed E-state index contributed by atoms with van der Waals surface area (Å²) in [6.45, 7) is 12.8. The number of carbonyl (C=O) groups is 2. The lowest BCUT2D eigenvalue weighted by atomic mass is 9.97. The first-order valence-corrected chi connectivity index (χ1v) is 9.87. The summed E-state index contributed by atoms with van der Waals surface area (Å²) in [5.74, 6) is -0.961. The lowest BCUT2D eigenvalue weighted by Gasteiger charge is -2.23. The molecule has 0 saturated carbocycles. The summed E-state index contributed by atoms with van der Waals surface area (Å²) in [5, 5.41) is 0.938. The van der Waals surface area contributed by atoms with Crippen LogP contribution in [0.1, 0.15) is 45.2 Å². The highest BCUT2D eigenvalue weighted by molar-refractivity contribution is 6.18. The number of imide groups is 1. The van der Waals surface area contributed by atoms with E-state index in [2.05, 4.69) is 12.0 Å². The number of amides is 2. The molecule has 1 aromatic carbocycles. The molecule has 1 atom stereocenters. The molecule has 0 saturated heterocycles. The van der Waals surface area contributed by atoms with Crippen LogP contribution in [0.15, 0.2) is 65.4 Å². The van der Waals surface area contributed by atoms with Crippen molar-refractivity contribution in [2.75, 3.05) is 0 Å². The fourth-order valence-corrected chi connectivity index (χ4v) is 2.92. The minimum Gasteiger partial charge on any atom is -0.292 e. The van der Waals surface area contributed by atoms with Crippen molar-refractivity contribution in [3.8, 4) is 0 Å². The Hall–Kier alpha value is -3.02. The number of hydrogen-bond donors (Lipinski definition) is 1. The van der Waals surface area contributed by atoms with Crippen molar-refractivity contribution in [2.24, 2.45) is 5.92 Å². The Bertz CT molecular complexity index is 916. The van der Waals surface area contributed by atoms with Gasteiger partial charge in [0, 0.05) is 22.4 Å². The van der Waals surface area contributed by atoms with Gasteiger partial charge in [0.05, 0.1) is 0 Å². The number of allylic oxidation sites excluding steroid dienone is 5. The van der Waals surface area contributed by atoms with Crippen LogP contribution in [0.25, 0.3) is 5.57 Å². The molecule has 6 heteroatoms. The van der Waals surface area contributed by atoms with E-state index in [0.29, 0.717) is 28.8 Å². The molecule has 160 valence electrons. The standard InChI is InChI=1S/C24H28F2N2O2/c1-7-15(3)21(27-28-23(29)16(4)17(5)24(28)30)13-12-20(22(25)26)18(6)19-10-8-14(2)9-11-19/h8-13,15,22,27H,6-7H2,1-5H3/b20-12+,21-13+. The van der Waals surface area contributed by atoms with E-state index in [1.165, 1.54) is 12.2 Å². The van der Waals surface area contributed by atoms with E-state index in [0.717, 1.165) is 10.6 Å². The third-order valence-electron chi connectivity index (χ3n) is 5.42. The number of aryl methyl sites for hydroxylation is 1. The van der Waals surface area contributed by atoms with E-state index < -0.39 is 18.2 Å². The Kier molecular flexibility index (Phi) is 7.48. The Morgan fingerprint density at radius 3 is 2.07 bits per heavy atom. The maximum atomic E-state index is 13.8. The molecular formula is C24H28F2N2O2. The van der Waals surface area contributed by atoms with Gasteiger partial charge in [-0.2, -0.15) is 5.01 Å². The van der Waals surface area contributed by atoms with Crippen molar-refractivity contribution in [2.45, 2.75) is 47.5 Å². The predicted molar refractivity (Wildman–Crippen MR) is 115 cm³/mol. The summed E-state index contributed by atoms with van der Waals surface area (Å²) in [6.07, 6.45) is 0.768. The van der Waals surface area contributed by atoms with E-state index >= 15 is 0 Å². The van der Waals surface area contributed by atoms with E-state index in [4.69, 9.17) is 0 Å². The summed E-state index contributed by atoms with van der Waals surface area (Å²) in [5.41, 5.74) is 5.72. The Labute approximate surface area is 176 Å². The molecule has 0 aliphatic carbocycles. The van der Waals surface area contributed by atoms with Crippen molar-refractivity contribution in [1.29, 1.82) is 0 Å². The fourth-order valence-electron chi connectivity index (χ4n) is 2.92. The molecule has 2 amide bonds. The van der Waals surface area contributed by atoms with Crippen molar-refractivity contribution in [3.05, 3.63) is 76.5 Å². The molecule has 1 aliphatic rings. The van der Waals surface area contributed by atoms with Gasteiger partial charge in [0.25, 0.3) is 18.2 Å². The van der Waals surface area contributed by atoms with E-state index in [-0.39, 0.29) is 17.1 Å². The molecule has 1 aromatic rings. The van der Waals surface area contributed by atoms with E-state index in [1.807, 2.05) is 32.9 Å². The number of hydrazine groups is 1. The summed E-state index contributed by atoms with van der Waals surface area (Å²) < 4.78 is 27.6. The van der Waals surface area contributed by atoms with Crippen molar-refractivity contribution in [1.82, 2.24) is 10.4 Å². The molecule has 0 fully saturated rings. The van der Waals surface area contributed by atoms with Gasteiger partial charge in [0.2, 0.25) is 0 Å². The normalized spacial score (nSPS) is 16.6. The van der Waals surface area contributed by atoms with Crippen LogP contribution in [0, 0.1) is 12.8 Å². The molecule has 1 N–H and O–H groups in total. The zero-order valence-corrected chi connectivity index (χ0v) is 18.1. The molecule has 0 aromatic heterocycles. The highest BCUT2D eigenvalue weighted by atomic mass is 19.3. The Balaban J connectivity index is 2.37. The molecular weight excluding hydrogens is 386 g/mol. The van der Waals surface area contributed by atoms with Crippen LogP contribution in [0.3, 0.4) is 0 Å². The Morgan fingerprint density at radius 1 is 1.07 bits per heavy atom. The third-order valence-corrected chi connectivity index (χ3v) is 5.42. The number of benzene rings is 1. The Morgan fingerprint density at radius 2 is 1.60 bits per heavy atom. The van der Waals surface area contributed by atoms with Gasteiger partial charge in [0.1, 0.15) is 0 Å². The molecule has 0 spiro atoms. The number of alkyl halides is 2. The fraction of sp³-hybridized carbons (Fsp3) is 0.333. The lowest BCUT2D eigenvalue weighted by Crippen LogP contribution is -2.44. The van der Waals surface area contributed by atoms with Crippen molar-refractivity contribution in [3.63, 3.8) is 0 Å². The second kappa shape index (κ2) is 9.65.